The monoisotopic (exact) mass is 1030 g/mol. The minimum Gasteiger partial charge on any atom is -0.390 e. The highest BCUT2D eigenvalue weighted by atomic mass is 16.7. The summed E-state index contributed by atoms with van der Waals surface area (Å²) < 4.78 is 88.7. The molecule has 13 aliphatic heterocycles. The fourth-order valence-corrected chi connectivity index (χ4v) is 15.8. The van der Waals surface area contributed by atoms with Gasteiger partial charge in [0.15, 0.2) is 0 Å². The van der Waals surface area contributed by atoms with Crippen molar-refractivity contribution >= 4 is 6.29 Å². The Morgan fingerprint density at radius 3 is 1.48 bits per heavy atom. The zero-order chi connectivity index (χ0) is 50.1. The molecule has 4 N–H and O–H groups in total. The van der Waals surface area contributed by atoms with Crippen LogP contribution in [0.5, 0.6) is 0 Å². The molecule has 0 aromatic heterocycles. The first kappa shape index (κ1) is 50.9. The molecule has 0 bridgehead atoms. The fraction of sp³-hybridized carbons (Fsp3) is 0.909. The first-order valence-corrected chi connectivity index (χ1v) is 28.2. The van der Waals surface area contributed by atoms with Gasteiger partial charge < -0.3 is 82.0 Å². The van der Waals surface area contributed by atoms with E-state index in [9.17, 15) is 25.2 Å². The summed E-state index contributed by atoms with van der Waals surface area (Å²) in [6.07, 6.45) is 6.30. The minimum absolute atomic E-state index is 0.0633. The van der Waals surface area contributed by atoms with Crippen LogP contribution in [0.25, 0.3) is 0 Å². The number of aliphatic hydroxyl groups excluding tert-OH is 4. The maximum absolute atomic E-state index is 11.8. The van der Waals surface area contributed by atoms with Crippen molar-refractivity contribution in [2.45, 2.75) is 313 Å². The van der Waals surface area contributed by atoms with Gasteiger partial charge in [-0.15, -0.1) is 0 Å². The third-order valence-corrected chi connectivity index (χ3v) is 19.7. The number of ether oxygens (including phenoxy) is 13. The number of fused-ring (bicyclic) bond motifs is 12. The summed E-state index contributed by atoms with van der Waals surface area (Å²) in [7, 11) is 0. The second-order valence-corrected chi connectivity index (χ2v) is 24.8. The van der Waals surface area contributed by atoms with Crippen molar-refractivity contribution in [3.8, 4) is 0 Å². The van der Waals surface area contributed by atoms with E-state index < -0.39 is 78.3 Å². The topological polar surface area (TPSA) is 218 Å². The van der Waals surface area contributed by atoms with Crippen LogP contribution in [0.3, 0.4) is 0 Å². The average molecular weight is 1030 g/mol. The molecule has 408 valence electrons. The van der Waals surface area contributed by atoms with Gasteiger partial charge in [0.05, 0.1) is 170 Å². The molecule has 13 rings (SSSR count). The molecule has 0 saturated carbocycles. The largest absolute Gasteiger partial charge is 0.390 e. The zero-order valence-electron chi connectivity index (χ0n) is 42.8. The van der Waals surface area contributed by atoms with Gasteiger partial charge in [-0.3, -0.25) is 4.79 Å². The number of rotatable bonds is 4. The van der Waals surface area contributed by atoms with Crippen molar-refractivity contribution in [2.75, 3.05) is 0 Å². The number of aliphatic hydroxyl groups is 4. The van der Waals surface area contributed by atoms with E-state index in [2.05, 4.69) is 13.8 Å². The molecule has 30 atom stereocenters. The number of hydrogen-bond donors (Lipinski definition) is 4. The third-order valence-electron chi connectivity index (χ3n) is 19.7. The van der Waals surface area contributed by atoms with E-state index in [1.165, 1.54) is 0 Å². The average Bonchev–Trinajstić information content (AvgIpc) is 3.70. The number of carbonyl (C=O) groups is 1. The predicted octanol–water partition coefficient (Wildman–Crippen LogP) is 3.15. The predicted molar refractivity (Wildman–Crippen MR) is 254 cm³/mol. The van der Waals surface area contributed by atoms with Crippen LogP contribution in [0, 0.1) is 0 Å². The molecule has 13 heterocycles. The first-order chi connectivity index (χ1) is 35.2. The van der Waals surface area contributed by atoms with Crippen LogP contribution in [0.2, 0.25) is 0 Å². The molecule has 13 aliphatic rings. The Morgan fingerprint density at radius 2 is 0.877 bits per heavy atom. The van der Waals surface area contributed by atoms with Gasteiger partial charge in [0, 0.05) is 70.6 Å². The van der Waals surface area contributed by atoms with Crippen LogP contribution in [-0.4, -0.2) is 209 Å². The summed E-state index contributed by atoms with van der Waals surface area (Å²) in [6, 6.07) is 0. The number of carbonyl (C=O) groups excluding carboxylic acids is 1. The van der Waals surface area contributed by atoms with Crippen LogP contribution in [0.15, 0.2) is 23.8 Å². The van der Waals surface area contributed by atoms with Crippen molar-refractivity contribution in [1.82, 2.24) is 0 Å². The van der Waals surface area contributed by atoms with Gasteiger partial charge in [0.2, 0.25) is 0 Å². The van der Waals surface area contributed by atoms with Gasteiger partial charge in [-0.05, 0) is 65.4 Å². The lowest BCUT2D eigenvalue weighted by Gasteiger charge is -2.56. The van der Waals surface area contributed by atoms with Crippen molar-refractivity contribution in [1.29, 1.82) is 0 Å². The molecule has 13 saturated heterocycles. The van der Waals surface area contributed by atoms with Crippen LogP contribution < -0.4 is 0 Å². The van der Waals surface area contributed by atoms with Gasteiger partial charge in [0.25, 0.3) is 0 Å². The summed E-state index contributed by atoms with van der Waals surface area (Å²) in [5.41, 5.74) is -0.605. The van der Waals surface area contributed by atoms with Crippen LogP contribution >= 0.6 is 0 Å². The third kappa shape index (κ3) is 9.60. The normalized spacial score (nSPS) is 57.7. The van der Waals surface area contributed by atoms with Gasteiger partial charge in [-0.1, -0.05) is 18.2 Å². The second-order valence-electron chi connectivity index (χ2n) is 24.8. The summed E-state index contributed by atoms with van der Waals surface area (Å²) >= 11 is 0. The van der Waals surface area contributed by atoms with Crippen molar-refractivity contribution < 1.29 is 86.8 Å². The standard InChI is InChI=1S/C55H80O18/c1-25(24-56)7-5-6-8-31-28(58)13-29(59)52-46(62-31)20-41-35(70-52)15-30(60)53-47(66-41)21-43-49(71-53)23-55(4)51(69-43)12-10-33-45(73-55)19-40-37(64-33)16-39-38(65-40)17-42-48(67-39)22-54(3)50(68-42)11-9-32-44(72-54)18-36-34(63-32)14-27(57)26(2)61-36/h5-7,24,26-53,57-60H,8-23H2,1-4H3. The summed E-state index contributed by atoms with van der Waals surface area (Å²) in [4.78, 5) is 11.0. The Bertz CT molecular complexity index is 2060. The van der Waals surface area contributed by atoms with E-state index in [4.69, 9.17) is 61.6 Å². The van der Waals surface area contributed by atoms with E-state index >= 15 is 0 Å². The molecule has 0 radical (unpaired) electrons. The summed E-state index contributed by atoms with van der Waals surface area (Å²) in [5, 5.41) is 44.6. The van der Waals surface area contributed by atoms with Gasteiger partial charge in [-0.25, -0.2) is 0 Å². The maximum Gasteiger partial charge on any atom is 0.145 e. The molecular formula is C55H80O18. The molecule has 30 unspecified atom stereocenters. The number of allylic oxidation sites excluding steroid dienone is 3. The molecule has 0 spiro atoms. The van der Waals surface area contributed by atoms with Crippen molar-refractivity contribution in [3.05, 3.63) is 23.8 Å². The second kappa shape index (κ2) is 20.0. The highest BCUT2D eigenvalue weighted by molar-refractivity contribution is 5.72. The summed E-state index contributed by atoms with van der Waals surface area (Å²) in [5.74, 6) is 0. The molecule has 0 amide bonds. The fourth-order valence-electron chi connectivity index (χ4n) is 15.8. The first-order valence-electron chi connectivity index (χ1n) is 28.2. The molecule has 13 fully saturated rings. The van der Waals surface area contributed by atoms with E-state index in [0.717, 1.165) is 57.7 Å². The minimum atomic E-state index is -0.961. The van der Waals surface area contributed by atoms with Gasteiger partial charge >= 0.3 is 0 Å². The Balaban J connectivity index is 0.634. The highest BCUT2D eigenvalue weighted by Crippen LogP contribution is 2.51. The lowest BCUT2D eigenvalue weighted by Crippen LogP contribution is -2.65. The number of hydrogen-bond acceptors (Lipinski definition) is 18. The van der Waals surface area contributed by atoms with Gasteiger partial charge in [0.1, 0.15) is 18.5 Å². The quantitative estimate of drug-likeness (QED) is 0.181. The van der Waals surface area contributed by atoms with Crippen molar-refractivity contribution in [2.24, 2.45) is 0 Å². The number of aldehydes is 1. The van der Waals surface area contributed by atoms with Crippen LogP contribution in [0.4, 0.5) is 0 Å². The Hall–Kier alpha value is -1.53. The van der Waals surface area contributed by atoms with E-state index in [-0.39, 0.29) is 117 Å². The maximum atomic E-state index is 11.8. The van der Waals surface area contributed by atoms with Crippen molar-refractivity contribution in [3.63, 3.8) is 0 Å². The SMILES string of the molecule is CC(C=O)=CC=CCC1OC2CC3OC4CC5OC6CCC7OC8CC9OC%10CC%11(C)OC%12CC%13OC(C)C(O)CC%13OC%12CCC%11OC%10CC9OC8CC7OC6(C)CC5OC4C(O)CC3OC2C(O)CC1O. The van der Waals surface area contributed by atoms with E-state index in [1.54, 1.807) is 19.1 Å². The molecule has 0 aromatic rings. The molecule has 18 heteroatoms. The Kier molecular flexibility index (Phi) is 13.9. The highest BCUT2D eigenvalue weighted by Gasteiger charge is 2.61. The van der Waals surface area contributed by atoms with Crippen LogP contribution in [-0.2, 0) is 66.4 Å². The smallest absolute Gasteiger partial charge is 0.145 e. The van der Waals surface area contributed by atoms with E-state index in [0.29, 0.717) is 44.1 Å². The Morgan fingerprint density at radius 1 is 0.452 bits per heavy atom. The molecule has 0 aliphatic carbocycles. The van der Waals surface area contributed by atoms with Crippen LogP contribution in [0.1, 0.15) is 130 Å². The zero-order valence-corrected chi connectivity index (χ0v) is 42.8. The summed E-state index contributed by atoms with van der Waals surface area (Å²) in [6.45, 7) is 7.98. The molecule has 0 aromatic carbocycles. The molecule has 18 nitrogen and oxygen atoms in total. The van der Waals surface area contributed by atoms with E-state index in [1.807, 2.05) is 13.0 Å². The lowest BCUT2D eigenvalue weighted by molar-refractivity contribution is -0.329. The lowest BCUT2D eigenvalue weighted by atomic mass is 9.80. The molecular weight excluding hydrogens is 949 g/mol. The van der Waals surface area contributed by atoms with Gasteiger partial charge in [-0.2, -0.15) is 0 Å². The Labute approximate surface area is 428 Å². The molecule has 73 heavy (non-hydrogen) atoms.